The second-order valence-electron chi connectivity index (χ2n) is 4.94. The molecular weight excluding hydrogens is 204 g/mol. The van der Waals surface area contributed by atoms with E-state index in [0.29, 0.717) is 12.5 Å². The van der Waals surface area contributed by atoms with Gasteiger partial charge in [-0.25, -0.2) is 0 Å². The zero-order chi connectivity index (χ0) is 12.7. The first-order valence-corrected chi connectivity index (χ1v) is 6.00. The summed E-state index contributed by atoms with van der Waals surface area (Å²) in [4.78, 5) is 13.6. The van der Waals surface area contributed by atoms with Crippen molar-refractivity contribution >= 4 is 5.91 Å². The van der Waals surface area contributed by atoms with E-state index in [2.05, 4.69) is 19.2 Å². The van der Waals surface area contributed by atoms with Gasteiger partial charge in [0.25, 0.3) is 0 Å². The van der Waals surface area contributed by atoms with Crippen molar-refractivity contribution < 1.29 is 9.90 Å². The van der Waals surface area contributed by atoms with Gasteiger partial charge in [-0.1, -0.05) is 13.8 Å². The summed E-state index contributed by atoms with van der Waals surface area (Å²) >= 11 is 0. The Morgan fingerprint density at radius 1 is 1.31 bits per heavy atom. The van der Waals surface area contributed by atoms with Crippen LogP contribution in [0.2, 0.25) is 0 Å². The number of hydrogen-bond donors (Lipinski definition) is 2. The summed E-state index contributed by atoms with van der Waals surface area (Å²) in [5, 5.41) is 12.1. The molecule has 0 aliphatic heterocycles. The second-order valence-corrected chi connectivity index (χ2v) is 4.94. The molecule has 1 amide bonds. The molecular formula is C12H26N2O2. The molecule has 0 aliphatic rings. The van der Waals surface area contributed by atoms with Crippen molar-refractivity contribution in [3.8, 4) is 0 Å². The number of nitrogens with one attached hydrogen (secondary N) is 1. The van der Waals surface area contributed by atoms with E-state index in [9.17, 15) is 9.90 Å². The lowest BCUT2D eigenvalue weighted by atomic mass is 10.1. The first kappa shape index (κ1) is 15.4. The molecule has 0 bridgehead atoms. The molecule has 0 spiro atoms. The quantitative estimate of drug-likeness (QED) is 0.682. The van der Waals surface area contributed by atoms with Crippen LogP contribution in [0.25, 0.3) is 0 Å². The molecule has 2 atom stereocenters. The van der Waals surface area contributed by atoms with Crippen LogP contribution in [0.3, 0.4) is 0 Å². The fourth-order valence-corrected chi connectivity index (χ4v) is 1.41. The third-order valence-electron chi connectivity index (χ3n) is 2.61. The normalized spacial score (nSPS) is 15.2. The highest BCUT2D eigenvalue weighted by molar-refractivity contribution is 5.81. The van der Waals surface area contributed by atoms with Gasteiger partial charge < -0.3 is 10.4 Å². The van der Waals surface area contributed by atoms with Gasteiger partial charge in [0.15, 0.2) is 0 Å². The Labute approximate surface area is 99.0 Å². The van der Waals surface area contributed by atoms with E-state index in [1.165, 1.54) is 0 Å². The van der Waals surface area contributed by atoms with Crippen molar-refractivity contribution in [3.63, 3.8) is 0 Å². The fraction of sp³-hybridized carbons (Fsp3) is 0.917. The highest BCUT2D eigenvalue weighted by atomic mass is 16.3. The van der Waals surface area contributed by atoms with Crippen molar-refractivity contribution in [1.82, 2.24) is 10.2 Å². The van der Waals surface area contributed by atoms with Gasteiger partial charge in [-0.05, 0) is 33.2 Å². The highest BCUT2D eigenvalue weighted by Crippen LogP contribution is 1.99. The molecule has 4 nitrogen and oxygen atoms in total. The lowest BCUT2D eigenvalue weighted by Gasteiger charge is -2.25. The molecule has 16 heavy (non-hydrogen) atoms. The van der Waals surface area contributed by atoms with Gasteiger partial charge in [0.1, 0.15) is 0 Å². The molecule has 0 aromatic carbocycles. The minimum absolute atomic E-state index is 0.0313. The molecule has 4 heteroatoms. The Balaban J connectivity index is 3.88. The van der Waals surface area contributed by atoms with E-state index in [4.69, 9.17) is 0 Å². The average Bonchev–Trinajstić information content (AvgIpc) is 2.14. The Morgan fingerprint density at radius 2 is 1.88 bits per heavy atom. The number of aliphatic hydroxyl groups excluding tert-OH is 1. The van der Waals surface area contributed by atoms with Crippen LogP contribution in [0.5, 0.6) is 0 Å². The summed E-state index contributed by atoms with van der Waals surface area (Å²) in [5.74, 6) is 0.634. The molecule has 0 aliphatic carbocycles. The van der Waals surface area contributed by atoms with Crippen molar-refractivity contribution in [2.45, 2.75) is 46.3 Å². The van der Waals surface area contributed by atoms with Gasteiger partial charge in [0.2, 0.25) is 5.91 Å². The van der Waals surface area contributed by atoms with Gasteiger partial charge >= 0.3 is 0 Å². The zero-order valence-corrected chi connectivity index (χ0v) is 11.2. The molecule has 2 N–H and O–H groups in total. The first-order valence-electron chi connectivity index (χ1n) is 6.00. The topological polar surface area (TPSA) is 52.6 Å². The molecule has 0 radical (unpaired) electrons. The third kappa shape index (κ3) is 6.80. The van der Waals surface area contributed by atoms with Crippen molar-refractivity contribution in [3.05, 3.63) is 0 Å². The summed E-state index contributed by atoms with van der Waals surface area (Å²) in [7, 11) is 1.85. The number of hydrogen-bond acceptors (Lipinski definition) is 3. The Kier molecular flexibility index (Phi) is 7.34. The molecule has 0 saturated heterocycles. The second kappa shape index (κ2) is 7.63. The summed E-state index contributed by atoms with van der Waals surface area (Å²) in [6.45, 7) is 9.08. The number of amides is 1. The van der Waals surface area contributed by atoms with Crippen LogP contribution in [-0.4, -0.2) is 48.2 Å². The van der Waals surface area contributed by atoms with Crippen LogP contribution in [-0.2, 0) is 4.79 Å². The number of rotatable bonds is 7. The molecule has 0 aromatic heterocycles. The molecule has 0 fully saturated rings. The fourth-order valence-electron chi connectivity index (χ4n) is 1.41. The van der Waals surface area contributed by atoms with Gasteiger partial charge in [-0.3, -0.25) is 9.69 Å². The third-order valence-corrected chi connectivity index (χ3v) is 2.61. The lowest BCUT2D eigenvalue weighted by molar-refractivity contribution is -0.125. The number of carbonyl (C=O) groups excluding carboxylic acids is 1. The van der Waals surface area contributed by atoms with Gasteiger partial charge in [-0.2, -0.15) is 0 Å². The number of likely N-dealkylation sites (N-methyl/N-ethyl adjacent to an activating group) is 1. The predicted molar refractivity (Wildman–Crippen MR) is 66.2 cm³/mol. The monoisotopic (exact) mass is 230 g/mol. The van der Waals surface area contributed by atoms with Crippen LogP contribution < -0.4 is 5.32 Å². The maximum absolute atomic E-state index is 11.7. The van der Waals surface area contributed by atoms with Crippen LogP contribution in [0.1, 0.15) is 34.1 Å². The average molecular weight is 230 g/mol. The van der Waals surface area contributed by atoms with Crippen LogP contribution >= 0.6 is 0 Å². The maximum Gasteiger partial charge on any atom is 0.237 e. The number of nitrogens with zero attached hydrogens (tertiary/aromatic N) is 1. The van der Waals surface area contributed by atoms with Crippen LogP contribution in [0, 0.1) is 5.92 Å². The molecule has 0 saturated carbocycles. The van der Waals surface area contributed by atoms with Gasteiger partial charge in [-0.15, -0.1) is 0 Å². The predicted octanol–water partition coefficient (Wildman–Crippen LogP) is 0.850. The molecule has 0 aromatic rings. The zero-order valence-electron chi connectivity index (χ0n) is 11.2. The van der Waals surface area contributed by atoms with E-state index < -0.39 is 6.10 Å². The number of aliphatic hydroxyl groups is 1. The molecule has 0 heterocycles. The van der Waals surface area contributed by atoms with E-state index in [1.54, 1.807) is 6.92 Å². The Bertz CT molecular complexity index is 205. The standard InChI is InChI=1S/C12H26N2O2/c1-9(2)6-7-13-12(16)11(4)14(5)8-10(3)15/h9-11,15H,6-8H2,1-5H3,(H,13,16). The highest BCUT2D eigenvalue weighted by Gasteiger charge is 2.18. The van der Waals surface area contributed by atoms with Crippen molar-refractivity contribution in [2.24, 2.45) is 5.92 Å². The van der Waals surface area contributed by atoms with Gasteiger partial charge in [0.05, 0.1) is 12.1 Å². The van der Waals surface area contributed by atoms with E-state index in [0.717, 1.165) is 13.0 Å². The smallest absolute Gasteiger partial charge is 0.237 e. The Morgan fingerprint density at radius 3 is 2.31 bits per heavy atom. The van der Waals surface area contributed by atoms with Crippen molar-refractivity contribution in [2.75, 3.05) is 20.1 Å². The largest absolute Gasteiger partial charge is 0.392 e. The first-order chi connectivity index (χ1) is 7.34. The van der Waals surface area contributed by atoms with Crippen LogP contribution in [0.4, 0.5) is 0 Å². The minimum Gasteiger partial charge on any atom is -0.392 e. The summed E-state index contributed by atoms with van der Waals surface area (Å²) in [6, 6.07) is -0.193. The Hall–Kier alpha value is -0.610. The molecule has 2 unspecified atom stereocenters. The summed E-state index contributed by atoms with van der Waals surface area (Å²) in [5.41, 5.74) is 0. The van der Waals surface area contributed by atoms with Crippen molar-refractivity contribution in [1.29, 1.82) is 0 Å². The van der Waals surface area contributed by atoms with E-state index in [-0.39, 0.29) is 11.9 Å². The lowest BCUT2D eigenvalue weighted by Crippen LogP contribution is -2.45. The summed E-state index contributed by atoms with van der Waals surface area (Å²) in [6.07, 6.45) is 0.592. The molecule has 0 rings (SSSR count). The van der Waals surface area contributed by atoms with Crippen LogP contribution in [0.15, 0.2) is 0 Å². The minimum atomic E-state index is -0.407. The van der Waals surface area contributed by atoms with E-state index in [1.807, 2.05) is 18.9 Å². The molecule has 96 valence electrons. The number of carbonyl (C=O) groups is 1. The maximum atomic E-state index is 11.7. The van der Waals surface area contributed by atoms with E-state index >= 15 is 0 Å². The van der Waals surface area contributed by atoms with Gasteiger partial charge in [0, 0.05) is 13.1 Å². The SMILES string of the molecule is CC(C)CCNC(=O)C(C)N(C)CC(C)O. The summed E-state index contributed by atoms with van der Waals surface area (Å²) < 4.78 is 0.